The molecule has 12 aromatic rings. The minimum Gasteiger partial charge on any atom is -0.0622 e. The van der Waals surface area contributed by atoms with Crippen molar-refractivity contribution in [3.8, 4) is 47.1 Å². The Balaban J connectivity index is 0.000000144. The van der Waals surface area contributed by atoms with Crippen molar-refractivity contribution in [1.29, 1.82) is 0 Å². The number of aliphatic hydroxyl groups is 2. The molecule has 6 N–H and O–H groups in total. The van der Waals surface area contributed by atoms with Crippen molar-refractivity contribution in [3.05, 3.63) is 287 Å². The second-order valence-corrected chi connectivity index (χ2v) is 34.6. The van der Waals surface area contributed by atoms with Crippen LogP contribution in [0.3, 0.4) is 0 Å². The summed E-state index contributed by atoms with van der Waals surface area (Å²) in [5, 5.41) is 38.5. The van der Waals surface area contributed by atoms with Gasteiger partial charge in [-0.15, -0.1) is 6.42 Å². The molecule has 576 valence electrons. The van der Waals surface area contributed by atoms with E-state index in [0.717, 1.165) is 59.8 Å². The Kier molecular flexibility index (Phi) is 30.3. The number of rotatable bonds is 18. The molecule has 18 nitrogen and oxygen atoms in total. The van der Waals surface area contributed by atoms with E-state index in [2.05, 4.69) is 242 Å². The SMILES string of the molecule is C#C[C@]1(O)CCN(C)C1=O.CN1CC[C@@](O)(C#Cc2cccc(-n3nc(C(N)=O)c4cc(OCCN5CCC5)ccc43)c2)C1=O.NC(=O)c1nn(-c2cccc(I)c2)c2ccc(OCCN3CCC3)cc12.[Cl][Pd][Cl].c1ccc(P(c2ccccc2)c2ccccc2)cc1.c1ccc(P(c2ccccc2)c2ccccc2)cc1. The first-order valence-electron chi connectivity index (χ1n) is 36.3. The molecule has 0 aliphatic carbocycles. The van der Waals surface area contributed by atoms with Crippen molar-refractivity contribution in [2.75, 3.05) is 79.7 Å². The van der Waals surface area contributed by atoms with Crippen LogP contribution in [0.25, 0.3) is 33.2 Å². The van der Waals surface area contributed by atoms with Crippen molar-refractivity contribution in [2.45, 2.75) is 36.9 Å². The van der Waals surface area contributed by atoms with Gasteiger partial charge in [0.2, 0.25) is 11.2 Å². The average molecular weight is 1780 g/mol. The molecule has 2 aromatic heterocycles. The van der Waals surface area contributed by atoms with Crippen molar-refractivity contribution in [3.63, 3.8) is 0 Å². The van der Waals surface area contributed by atoms with Crippen LogP contribution in [0.4, 0.5) is 0 Å². The van der Waals surface area contributed by atoms with Gasteiger partial charge in [-0.1, -0.05) is 212 Å². The van der Waals surface area contributed by atoms with Gasteiger partial charge in [-0.05, 0) is 182 Å². The van der Waals surface area contributed by atoms with Crippen molar-refractivity contribution in [2.24, 2.45) is 11.5 Å². The molecule has 4 saturated heterocycles. The first-order valence-corrected chi connectivity index (χ1v) is 44.1. The molecular formula is C88H85Cl2IN10O8P2Pd. The number of nitrogens with two attached hydrogens (primary N) is 2. The van der Waals surface area contributed by atoms with Crippen LogP contribution >= 0.6 is 57.5 Å². The van der Waals surface area contributed by atoms with Crippen molar-refractivity contribution in [1.82, 2.24) is 39.2 Å². The number of primary amides is 2. The molecule has 6 heterocycles. The van der Waals surface area contributed by atoms with Crippen LogP contribution in [0.2, 0.25) is 0 Å². The van der Waals surface area contributed by atoms with Crippen LogP contribution in [-0.4, -0.2) is 164 Å². The molecule has 4 amide bonds. The van der Waals surface area contributed by atoms with Crippen LogP contribution in [-0.2, 0) is 25.5 Å². The van der Waals surface area contributed by atoms with E-state index in [-0.39, 0.29) is 39.7 Å². The Morgan fingerprint density at radius 3 is 1.15 bits per heavy atom. The topological polar surface area (TPSA) is 228 Å². The number of ether oxygens (including phenoxy) is 2. The number of nitrogens with zero attached hydrogens (tertiary/aromatic N) is 8. The molecular weight excluding hydrogens is 1690 g/mol. The van der Waals surface area contributed by atoms with Gasteiger partial charge in [-0.3, -0.25) is 29.0 Å². The van der Waals surface area contributed by atoms with Crippen LogP contribution < -0.4 is 52.8 Å². The first-order chi connectivity index (χ1) is 54.4. The number of amides is 4. The van der Waals surface area contributed by atoms with Gasteiger partial charge < -0.3 is 41.0 Å². The molecule has 0 spiro atoms. The fourth-order valence-corrected chi connectivity index (χ4v) is 17.9. The number of hydrogen-bond donors (Lipinski definition) is 4. The smallest absolute Gasteiger partial charge is 0.0134 e. The summed E-state index contributed by atoms with van der Waals surface area (Å²) in [6.07, 6.45) is 8.09. The molecule has 0 saturated carbocycles. The standard InChI is InChI=1S/C26H27N5O4.C19H19IN4O2.2C18H15P.C7H9NO2.2ClH.Pd/c1-29-13-10-26(34,25(29)33)9-8-18-4-2-5-19(16-18)31-22-7-6-20(35-15-14-30-11-3-12-30)17-21(22)23(28-31)24(27)32;20-13-3-1-4-14(11-13)24-17-6-5-15(26-10-9-23-7-2-8-23)12-16(17)18(22-24)19(21)25;2*1-4-10-16(11-5-1)19(17-12-6-2-7-13-17)18-14-8-3-9-15-18;1-3-7(10)4-5-8(2)6(7)9;;;/h2,4-7,16-17,34H,3,10-15H2,1H3,(H2,27,32);1,3-6,11-12H,2,7-10H2,(H2,21,25);2*1-15H;1,10H,4-5H2,2H3;2*1H;/q;;;;;;;+2/p-2/t26-;;;;7-;;;/m0...0.../s1. The van der Waals surface area contributed by atoms with Gasteiger partial charge in [0, 0.05) is 73.0 Å². The summed E-state index contributed by atoms with van der Waals surface area (Å²) >= 11 is 2.15. The van der Waals surface area contributed by atoms with Crippen LogP contribution in [0.1, 0.15) is 52.2 Å². The number of carbonyl (C=O) groups is 4. The summed E-state index contributed by atoms with van der Waals surface area (Å²) in [5.74, 6) is 7.17. The van der Waals surface area contributed by atoms with E-state index < -0.39 is 44.8 Å². The van der Waals surface area contributed by atoms with E-state index in [1.54, 1.807) is 47.7 Å². The molecule has 0 radical (unpaired) electrons. The zero-order valence-corrected chi connectivity index (χ0v) is 68.8. The summed E-state index contributed by atoms with van der Waals surface area (Å²) in [6, 6.07) is 91.0. The second-order valence-electron chi connectivity index (χ2n) is 26.5. The predicted molar refractivity (Wildman–Crippen MR) is 457 cm³/mol. The van der Waals surface area contributed by atoms with Crippen molar-refractivity contribution < 1.29 is 54.8 Å². The Morgan fingerprint density at radius 1 is 0.500 bits per heavy atom. The van der Waals surface area contributed by atoms with E-state index in [1.165, 1.54) is 54.5 Å². The maximum atomic E-state index is 12.2. The number of aromatic nitrogens is 4. The van der Waals surface area contributed by atoms with Gasteiger partial charge in [-0.25, -0.2) is 9.36 Å². The van der Waals surface area contributed by atoms with Crippen molar-refractivity contribution >= 4 is 135 Å². The molecule has 4 aliphatic rings. The van der Waals surface area contributed by atoms with E-state index in [9.17, 15) is 29.4 Å². The monoisotopic (exact) mass is 1770 g/mol. The van der Waals surface area contributed by atoms with E-state index in [4.69, 9.17) is 46.4 Å². The molecule has 2 atom stereocenters. The van der Waals surface area contributed by atoms with Crippen LogP contribution in [0.5, 0.6) is 11.5 Å². The van der Waals surface area contributed by atoms with E-state index >= 15 is 0 Å². The number of halogens is 3. The minimum atomic E-state index is -1.67. The summed E-state index contributed by atoms with van der Waals surface area (Å²) in [4.78, 5) is 54.8. The summed E-state index contributed by atoms with van der Waals surface area (Å²) in [7, 11) is 12.0. The Morgan fingerprint density at radius 2 is 0.848 bits per heavy atom. The number of hydrogen-bond acceptors (Lipinski definition) is 12. The van der Waals surface area contributed by atoms with Gasteiger partial charge >= 0.3 is 35.0 Å². The third-order valence-corrected chi connectivity index (χ3v) is 24.5. The van der Waals surface area contributed by atoms with Gasteiger partial charge in [-0.2, -0.15) is 10.2 Å². The molecule has 10 aromatic carbocycles. The third kappa shape index (κ3) is 21.8. The maximum Gasteiger partial charge on any atom is -0.0134 e. The normalized spacial score (nSPS) is 16.2. The first kappa shape index (κ1) is 83.4. The van der Waals surface area contributed by atoms with Gasteiger partial charge in [0.25, 0.3) is 23.6 Å². The quantitative estimate of drug-likeness (QED) is 0.0272. The molecule has 112 heavy (non-hydrogen) atoms. The number of benzene rings is 10. The van der Waals surface area contributed by atoms with Gasteiger partial charge in [0.05, 0.1) is 22.4 Å². The molecule has 0 unspecified atom stereocenters. The zero-order valence-electron chi connectivity index (χ0n) is 61.8. The van der Waals surface area contributed by atoms with Gasteiger partial charge in [0.15, 0.2) is 11.4 Å². The fraction of sp³-hybridized carbons (Fsp3) is 0.205. The van der Waals surface area contributed by atoms with E-state index in [0.29, 0.717) is 66.0 Å². The average Bonchev–Trinajstić information content (AvgIpc) is 1.66. The molecule has 4 aliphatic heterocycles. The summed E-state index contributed by atoms with van der Waals surface area (Å²) < 4.78 is 16.2. The Hall–Kier alpha value is -9.59. The van der Waals surface area contributed by atoms with Crippen LogP contribution in [0.15, 0.2) is 267 Å². The molecule has 24 heteroatoms. The number of likely N-dealkylation sites (N-methyl/N-ethyl adjacent to an activating group) is 2. The minimum absolute atomic E-state index is 0.106. The summed E-state index contributed by atoms with van der Waals surface area (Å²) in [5.41, 5.74) is 12.1. The van der Waals surface area contributed by atoms with Gasteiger partial charge in [0.1, 0.15) is 24.7 Å². The van der Waals surface area contributed by atoms with Crippen LogP contribution in [0, 0.1) is 27.8 Å². The third-order valence-electron chi connectivity index (χ3n) is 18.9. The van der Waals surface area contributed by atoms with E-state index in [1.807, 2.05) is 60.7 Å². The fourth-order valence-electron chi connectivity index (χ4n) is 12.7. The number of carbonyl (C=O) groups excluding carboxylic acids is 4. The largest absolute Gasteiger partial charge is 0.0622 e. The zero-order chi connectivity index (χ0) is 79.0. The number of terminal acetylenes is 1. The number of fused-ring (bicyclic) bond motifs is 2. The Labute approximate surface area is 685 Å². The molecule has 4 fully saturated rings. The Bertz CT molecular complexity index is 4950. The second kappa shape index (κ2) is 40.7. The molecule has 0 bridgehead atoms. The molecule has 16 rings (SSSR count). The summed E-state index contributed by atoms with van der Waals surface area (Å²) in [6.45, 7) is 8.50. The maximum absolute atomic E-state index is 12.2. The number of likely N-dealkylation sites (tertiary alicyclic amines) is 4. The predicted octanol–water partition coefficient (Wildman–Crippen LogP) is 11.4.